The van der Waals surface area contributed by atoms with Gasteiger partial charge in [0.2, 0.25) is 5.91 Å². The maximum absolute atomic E-state index is 12.6. The van der Waals surface area contributed by atoms with E-state index in [-0.39, 0.29) is 11.9 Å². The van der Waals surface area contributed by atoms with Crippen molar-refractivity contribution in [3.63, 3.8) is 0 Å². The monoisotopic (exact) mass is 342 g/mol. The number of amides is 3. The maximum Gasteiger partial charge on any atom is 0.317 e. The van der Waals surface area contributed by atoms with Crippen molar-refractivity contribution in [2.45, 2.75) is 26.2 Å². The second-order valence-electron chi connectivity index (χ2n) is 6.42. The van der Waals surface area contributed by atoms with Crippen molar-refractivity contribution >= 4 is 22.8 Å². The summed E-state index contributed by atoms with van der Waals surface area (Å²) in [4.78, 5) is 31.5. The van der Waals surface area contributed by atoms with Gasteiger partial charge in [-0.25, -0.2) is 4.79 Å². The zero-order chi connectivity index (χ0) is 17.6. The SMILES string of the molecule is CCNC(=O)N1CCCN(C(=O)CCc2c[nH]c3ccccc23)CC1. The second-order valence-corrected chi connectivity index (χ2v) is 6.42. The number of aromatic amines is 1. The van der Waals surface area contributed by atoms with E-state index in [9.17, 15) is 9.59 Å². The predicted molar refractivity (Wildman–Crippen MR) is 98.5 cm³/mol. The molecule has 0 radical (unpaired) electrons. The smallest absolute Gasteiger partial charge is 0.317 e. The minimum atomic E-state index is -0.0319. The number of nitrogens with zero attached hydrogens (tertiary/aromatic N) is 2. The number of H-pyrrole nitrogens is 1. The molecule has 1 aromatic carbocycles. The molecule has 0 unspecified atom stereocenters. The molecule has 1 aliphatic heterocycles. The number of aryl methyl sites for hydroxylation is 1. The highest BCUT2D eigenvalue weighted by atomic mass is 16.2. The molecule has 0 aliphatic carbocycles. The van der Waals surface area contributed by atoms with E-state index >= 15 is 0 Å². The quantitative estimate of drug-likeness (QED) is 0.896. The first-order valence-electron chi connectivity index (χ1n) is 9.04. The first-order chi connectivity index (χ1) is 12.2. The average molecular weight is 342 g/mol. The summed E-state index contributed by atoms with van der Waals surface area (Å²) in [5, 5.41) is 4.02. The molecule has 1 aromatic heterocycles. The van der Waals surface area contributed by atoms with E-state index < -0.39 is 0 Å². The van der Waals surface area contributed by atoms with Crippen molar-refractivity contribution < 1.29 is 9.59 Å². The van der Waals surface area contributed by atoms with Crippen molar-refractivity contribution in [2.75, 3.05) is 32.7 Å². The molecular weight excluding hydrogens is 316 g/mol. The largest absolute Gasteiger partial charge is 0.361 e. The highest BCUT2D eigenvalue weighted by Gasteiger charge is 2.21. The fraction of sp³-hybridized carbons (Fsp3) is 0.474. The van der Waals surface area contributed by atoms with Crippen molar-refractivity contribution in [3.8, 4) is 0 Å². The van der Waals surface area contributed by atoms with Crippen LogP contribution in [-0.4, -0.2) is 59.4 Å². The summed E-state index contributed by atoms with van der Waals surface area (Å²) in [6.45, 7) is 5.19. The fourth-order valence-electron chi connectivity index (χ4n) is 3.37. The van der Waals surface area contributed by atoms with Gasteiger partial charge < -0.3 is 20.1 Å². The summed E-state index contributed by atoms with van der Waals surface area (Å²) in [7, 11) is 0. The Hall–Kier alpha value is -2.50. The molecule has 3 amide bonds. The third-order valence-electron chi connectivity index (χ3n) is 4.75. The number of aromatic nitrogens is 1. The van der Waals surface area contributed by atoms with Crippen LogP contribution in [0.2, 0.25) is 0 Å². The molecule has 3 rings (SSSR count). The molecule has 2 N–H and O–H groups in total. The molecule has 1 saturated heterocycles. The van der Waals surface area contributed by atoms with Gasteiger partial charge in [0.05, 0.1) is 0 Å². The number of hydrogen-bond acceptors (Lipinski definition) is 2. The predicted octanol–water partition coefficient (Wildman–Crippen LogP) is 2.36. The zero-order valence-corrected chi connectivity index (χ0v) is 14.8. The Labute approximate surface area is 148 Å². The number of benzene rings is 1. The van der Waals surface area contributed by atoms with Gasteiger partial charge in [0.15, 0.2) is 0 Å². The lowest BCUT2D eigenvalue weighted by Crippen LogP contribution is -2.42. The van der Waals surface area contributed by atoms with Crippen molar-refractivity contribution in [1.82, 2.24) is 20.1 Å². The molecule has 0 atom stereocenters. The molecule has 2 heterocycles. The Bertz CT molecular complexity index is 740. The average Bonchev–Trinajstić information content (AvgIpc) is 2.87. The molecule has 6 heteroatoms. The van der Waals surface area contributed by atoms with E-state index in [1.165, 1.54) is 10.9 Å². The molecule has 0 spiro atoms. The van der Waals surface area contributed by atoms with Gasteiger partial charge in [-0.05, 0) is 31.4 Å². The van der Waals surface area contributed by atoms with E-state index in [4.69, 9.17) is 0 Å². The first-order valence-corrected chi connectivity index (χ1v) is 9.04. The molecule has 1 fully saturated rings. The number of carbonyl (C=O) groups excluding carboxylic acids is 2. The lowest BCUT2D eigenvalue weighted by atomic mass is 10.1. The maximum atomic E-state index is 12.6. The third-order valence-corrected chi connectivity index (χ3v) is 4.75. The van der Waals surface area contributed by atoms with Crippen LogP contribution in [0.5, 0.6) is 0 Å². The molecule has 0 bridgehead atoms. The minimum absolute atomic E-state index is 0.0319. The number of nitrogens with one attached hydrogen (secondary N) is 2. The van der Waals surface area contributed by atoms with Crippen LogP contribution in [0, 0.1) is 0 Å². The topological polar surface area (TPSA) is 68.4 Å². The summed E-state index contributed by atoms with van der Waals surface area (Å²) in [5.74, 6) is 0.169. The fourth-order valence-corrected chi connectivity index (χ4v) is 3.37. The molecular formula is C19H26N4O2. The number of hydrogen-bond donors (Lipinski definition) is 2. The van der Waals surface area contributed by atoms with Gasteiger partial charge in [-0.1, -0.05) is 18.2 Å². The van der Waals surface area contributed by atoms with Crippen LogP contribution in [0.4, 0.5) is 4.79 Å². The second kappa shape index (κ2) is 8.05. The number of fused-ring (bicyclic) bond motifs is 1. The van der Waals surface area contributed by atoms with Crippen LogP contribution in [-0.2, 0) is 11.2 Å². The number of para-hydroxylation sites is 1. The van der Waals surface area contributed by atoms with E-state index in [0.717, 1.165) is 24.9 Å². The summed E-state index contributed by atoms with van der Waals surface area (Å²) in [6.07, 6.45) is 4.07. The lowest BCUT2D eigenvalue weighted by Gasteiger charge is -2.22. The zero-order valence-electron chi connectivity index (χ0n) is 14.8. The minimum Gasteiger partial charge on any atom is -0.361 e. The number of rotatable bonds is 4. The Morgan fingerprint density at radius 3 is 2.72 bits per heavy atom. The lowest BCUT2D eigenvalue weighted by molar-refractivity contribution is -0.131. The summed E-state index contributed by atoms with van der Waals surface area (Å²) in [6, 6.07) is 8.13. The van der Waals surface area contributed by atoms with Crippen molar-refractivity contribution in [2.24, 2.45) is 0 Å². The third kappa shape index (κ3) is 4.13. The van der Waals surface area contributed by atoms with Crippen molar-refractivity contribution in [3.05, 3.63) is 36.0 Å². The van der Waals surface area contributed by atoms with Crippen LogP contribution in [0.3, 0.4) is 0 Å². The Morgan fingerprint density at radius 1 is 1.12 bits per heavy atom. The summed E-state index contributed by atoms with van der Waals surface area (Å²) < 4.78 is 0. The van der Waals surface area contributed by atoms with Crippen LogP contribution < -0.4 is 5.32 Å². The van der Waals surface area contributed by atoms with Crippen LogP contribution in [0.25, 0.3) is 10.9 Å². The first kappa shape index (κ1) is 17.3. The Balaban J connectivity index is 1.54. The van der Waals surface area contributed by atoms with Gasteiger partial charge in [-0.3, -0.25) is 4.79 Å². The van der Waals surface area contributed by atoms with Gasteiger partial charge in [-0.15, -0.1) is 0 Å². The van der Waals surface area contributed by atoms with E-state index in [2.05, 4.69) is 16.4 Å². The van der Waals surface area contributed by atoms with Gasteiger partial charge in [0.1, 0.15) is 0 Å². The van der Waals surface area contributed by atoms with Gasteiger partial charge >= 0.3 is 6.03 Å². The molecule has 134 valence electrons. The van der Waals surface area contributed by atoms with E-state index in [1.807, 2.05) is 36.2 Å². The molecule has 6 nitrogen and oxygen atoms in total. The highest BCUT2D eigenvalue weighted by molar-refractivity contribution is 5.84. The van der Waals surface area contributed by atoms with Crippen LogP contribution in [0.15, 0.2) is 30.5 Å². The highest BCUT2D eigenvalue weighted by Crippen LogP contribution is 2.19. The normalized spacial score (nSPS) is 15.2. The van der Waals surface area contributed by atoms with E-state index in [0.29, 0.717) is 32.6 Å². The van der Waals surface area contributed by atoms with Crippen LogP contribution >= 0.6 is 0 Å². The molecule has 0 saturated carbocycles. The number of carbonyl (C=O) groups is 2. The van der Waals surface area contributed by atoms with Gasteiger partial charge in [-0.2, -0.15) is 0 Å². The standard InChI is InChI=1S/C19H26N4O2/c1-2-20-19(25)23-11-5-10-22(12-13-23)18(24)9-8-15-14-21-17-7-4-3-6-16(15)17/h3-4,6-7,14,21H,2,5,8-13H2,1H3,(H,20,25). The Kier molecular flexibility index (Phi) is 5.58. The summed E-state index contributed by atoms with van der Waals surface area (Å²) in [5.41, 5.74) is 2.29. The molecule has 2 aromatic rings. The Morgan fingerprint density at radius 2 is 1.88 bits per heavy atom. The van der Waals surface area contributed by atoms with Gasteiger partial charge in [0.25, 0.3) is 0 Å². The van der Waals surface area contributed by atoms with Crippen LogP contribution in [0.1, 0.15) is 25.3 Å². The van der Waals surface area contributed by atoms with E-state index in [1.54, 1.807) is 4.90 Å². The van der Waals surface area contributed by atoms with Crippen molar-refractivity contribution in [1.29, 1.82) is 0 Å². The molecule has 1 aliphatic rings. The summed E-state index contributed by atoms with van der Waals surface area (Å²) >= 11 is 0. The van der Waals surface area contributed by atoms with Gasteiger partial charge in [0, 0.05) is 56.2 Å². The number of urea groups is 1. The molecule has 25 heavy (non-hydrogen) atoms.